The number of halogens is 1. The normalized spacial score (nSPS) is 16.3. The SMILES string of the molecule is COC(=O)c1cccc(Cl)c1CC(=O)N1CCc2ccccc2[C@@H]1C. The predicted molar refractivity (Wildman–Crippen MR) is 96.8 cm³/mol. The second-order valence-corrected chi connectivity index (χ2v) is 6.55. The Morgan fingerprint density at radius 1 is 1.20 bits per heavy atom. The third kappa shape index (κ3) is 3.40. The zero-order valence-corrected chi connectivity index (χ0v) is 15.0. The van der Waals surface area contributed by atoms with Gasteiger partial charge in [0, 0.05) is 11.6 Å². The summed E-state index contributed by atoms with van der Waals surface area (Å²) >= 11 is 6.25. The second kappa shape index (κ2) is 7.28. The van der Waals surface area contributed by atoms with Gasteiger partial charge in [-0.25, -0.2) is 4.79 Å². The molecule has 0 saturated carbocycles. The maximum Gasteiger partial charge on any atom is 0.338 e. The van der Waals surface area contributed by atoms with E-state index in [9.17, 15) is 9.59 Å². The van der Waals surface area contributed by atoms with Crippen LogP contribution in [0.3, 0.4) is 0 Å². The maximum atomic E-state index is 12.9. The molecule has 4 nitrogen and oxygen atoms in total. The van der Waals surface area contributed by atoms with Crippen LogP contribution in [0.1, 0.15) is 40.0 Å². The highest BCUT2D eigenvalue weighted by Crippen LogP contribution is 2.30. The lowest BCUT2D eigenvalue weighted by Crippen LogP contribution is -2.39. The van der Waals surface area contributed by atoms with Crippen LogP contribution in [0.15, 0.2) is 42.5 Å². The smallest absolute Gasteiger partial charge is 0.338 e. The third-order valence-electron chi connectivity index (χ3n) is 4.77. The molecule has 0 unspecified atom stereocenters. The van der Waals surface area contributed by atoms with Gasteiger partial charge in [-0.15, -0.1) is 0 Å². The maximum absolute atomic E-state index is 12.9. The number of hydrogen-bond donors (Lipinski definition) is 0. The van der Waals surface area contributed by atoms with Crippen LogP contribution in [-0.4, -0.2) is 30.4 Å². The quantitative estimate of drug-likeness (QED) is 0.784. The van der Waals surface area contributed by atoms with E-state index >= 15 is 0 Å². The highest BCUT2D eigenvalue weighted by atomic mass is 35.5. The highest BCUT2D eigenvalue weighted by Gasteiger charge is 2.28. The number of esters is 1. The summed E-state index contributed by atoms with van der Waals surface area (Å²) in [6.07, 6.45) is 0.912. The molecule has 5 heteroatoms. The minimum atomic E-state index is -0.484. The number of rotatable bonds is 3. The fraction of sp³-hybridized carbons (Fsp3) is 0.300. The van der Waals surface area contributed by atoms with Gasteiger partial charge in [-0.3, -0.25) is 4.79 Å². The molecule has 2 aromatic carbocycles. The molecule has 0 aromatic heterocycles. The largest absolute Gasteiger partial charge is 0.465 e. The molecule has 0 N–H and O–H groups in total. The number of amides is 1. The first-order valence-electron chi connectivity index (χ1n) is 8.26. The molecule has 1 atom stereocenters. The molecule has 0 aliphatic carbocycles. The standard InChI is InChI=1S/C20H20ClNO3/c1-13-15-7-4-3-6-14(15)10-11-22(13)19(23)12-17-16(20(24)25-2)8-5-9-18(17)21/h3-9,13H,10-12H2,1-2H3/t13-/m0/s1. The van der Waals surface area contributed by atoms with E-state index in [1.54, 1.807) is 18.2 Å². The summed E-state index contributed by atoms with van der Waals surface area (Å²) in [4.78, 5) is 26.7. The predicted octanol–water partition coefficient (Wildman–Crippen LogP) is 3.82. The van der Waals surface area contributed by atoms with Crippen molar-refractivity contribution in [2.24, 2.45) is 0 Å². The lowest BCUT2D eigenvalue weighted by molar-refractivity contribution is -0.133. The van der Waals surface area contributed by atoms with Gasteiger partial charge in [0.2, 0.25) is 5.91 Å². The minimum Gasteiger partial charge on any atom is -0.465 e. The van der Waals surface area contributed by atoms with E-state index < -0.39 is 5.97 Å². The Labute approximate surface area is 152 Å². The Morgan fingerprint density at radius 3 is 2.72 bits per heavy atom. The summed E-state index contributed by atoms with van der Waals surface area (Å²) in [6.45, 7) is 2.69. The van der Waals surface area contributed by atoms with E-state index in [1.165, 1.54) is 18.2 Å². The van der Waals surface area contributed by atoms with Crippen molar-refractivity contribution in [3.05, 3.63) is 69.7 Å². The Bertz CT molecular complexity index is 818. The Morgan fingerprint density at radius 2 is 1.96 bits per heavy atom. The number of methoxy groups -OCH3 is 1. The van der Waals surface area contributed by atoms with Crippen LogP contribution >= 0.6 is 11.6 Å². The van der Waals surface area contributed by atoms with Crippen molar-refractivity contribution in [1.82, 2.24) is 4.90 Å². The van der Waals surface area contributed by atoms with E-state index in [2.05, 4.69) is 12.1 Å². The fourth-order valence-electron chi connectivity index (χ4n) is 3.40. The van der Waals surface area contributed by atoms with Crippen LogP contribution < -0.4 is 0 Å². The molecule has 0 fully saturated rings. The number of ether oxygens (including phenoxy) is 1. The van der Waals surface area contributed by atoms with Gasteiger partial charge < -0.3 is 9.64 Å². The fourth-order valence-corrected chi connectivity index (χ4v) is 3.65. The van der Waals surface area contributed by atoms with Crippen LogP contribution in [0.4, 0.5) is 0 Å². The molecule has 0 radical (unpaired) electrons. The van der Waals surface area contributed by atoms with Gasteiger partial charge in [0.15, 0.2) is 0 Å². The molecule has 0 spiro atoms. The van der Waals surface area contributed by atoms with E-state index in [-0.39, 0.29) is 18.4 Å². The Balaban J connectivity index is 1.86. The number of carbonyl (C=O) groups excluding carboxylic acids is 2. The summed E-state index contributed by atoms with van der Waals surface area (Å²) in [5.41, 5.74) is 3.32. The molecule has 2 aromatic rings. The van der Waals surface area contributed by atoms with Crippen LogP contribution in [0, 0.1) is 0 Å². The topological polar surface area (TPSA) is 46.6 Å². The van der Waals surface area contributed by atoms with Crippen LogP contribution in [0.25, 0.3) is 0 Å². The first-order valence-corrected chi connectivity index (χ1v) is 8.63. The zero-order chi connectivity index (χ0) is 18.0. The first-order chi connectivity index (χ1) is 12.0. The number of carbonyl (C=O) groups is 2. The number of hydrogen-bond acceptors (Lipinski definition) is 3. The van der Waals surface area contributed by atoms with Crippen molar-refractivity contribution in [2.75, 3.05) is 13.7 Å². The minimum absolute atomic E-state index is 0.00140. The van der Waals surface area contributed by atoms with Gasteiger partial charge in [-0.2, -0.15) is 0 Å². The van der Waals surface area contributed by atoms with Gasteiger partial charge >= 0.3 is 5.97 Å². The summed E-state index contributed by atoms with van der Waals surface area (Å²) in [7, 11) is 1.32. The summed E-state index contributed by atoms with van der Waals surface area (Å²) in [5.74, 6) is -0.525. The zero-order valence-electron chi connectivity index (χ0n) is 14.3. The molecule has 3 rings (SSSR count). The highest BCUT2D eigenvalue weighted by molar-refractivity contribution is 6.32. The molecule has 0 saturated heterocycles. The monoisotopic (exact) mass is 357 g/mol. The van der Waals surface area contributed by atoms with Crippen molar-refractivity contribution >= 4 is 23.5 Å². The van der Waals surface area contributed by atoms with Crippen molar-refractivity contribution in [3.63, 3.8) is 0 Å². The molecular formula is C20H20ClNO3. The molecule has 0 bridgehead atoms. The summed E-state index contributed by atoms with van der Waals surface area (Å²) in [5, 5.41) is 0.404. The molecule has 1 heterocycles. The average Bonchev–Trinajstić information content (AvgIpc) is 2.63. The second-order valence-electron chi connectivity index (χ2n) is 6.15. The van der Waals surface area contributed by atoms with Gasteiger partial charge in [-0.05, 0) is 42.2 Å². The summed E-state index contributed by atoms with van der Waals surface area (Å²) in [6, 6.07) is 13.2. The molecular weight excluding hydrogens is 338 g/mol. The van der Waals surface area contributed by atoms with E-state index in [0.29, 0.717) is 22.7 Å². The lowest BCUT2D eigenvalue weighted by Gasteiger charge is -2.35. The average molecular weight is 358 g/mol. The summed E-state index contributed by atoms with van der Waals surface area (Å²) < 4.78 is 4.80. The lowest BCUT2D eigenvalue weighted by atomic mass is 9.93. The first kappa shape index (κ1) is 17.5. The number of fused-ring (bicyclic) bond motifs is 1. The van der Waals surface area contributed by atoms with Gasteiger partial charge in [0.1, 0.15) is 0 Å². The third-order valence-corrected chi connectivity index (χ3v) is 5.12. The molecule has 130 valence electrons. The van der Waals surface area contributed by atoms with Crippen molar-refractivity contribution in [3.8, 4) is 0 Å². The van der Waals surface area contributed by atoms with Crippen LogP contribution in [0.2, 0.25) is 5.02 Å². The molecule has 25 heavy (non-hydrogen) atoms. The van der Waals surface area contributed by atoms with E-state index in [0.717, 1.165) is 6.42 Å². The van der Waals surface area contributed by atoms with E-state index in [4.69, 9.17) is 16.3 Å². The Hall–Kier alpha value is -2.33. The van der Waals surface area contributed by atoms with Gasteiger partial charge in [-0.1, -0.05) is 41.9 Å². The van der Waals surface area contributed by atoms with Crippen molar-refractivity contribution < 1.29 is 14.3 Å². The van der Waals surface area contributed by atoms with Crippen molar-refractivity contribution in [2.45, 2.75) is 25.8 Å². The van der Waals surface area contributed by atoms with Gasteiger partial charge in [0.05, 0.1) is 25.1 Å². The number of benzene rings is 2. The van der Waals surface area contributed by atoms with Crippen LogP contribution in [-0.2, 0) is 22.4 Å². The molecule has 1 aliphatic rings. The van der Waals surface area contributed by atoms with Crippen molar-refractivity contribution in [1.29, 1.82) is 0 Å². The molecule has 1 amide bonds. The van der Waals surface area contributed by atoms with Gasteiger partial charge in [0.25, 0.3) is 0 Å². The number of nitrogens with zero attached hydrogens (tertiary/aromatic N) is 1. The van der Waals surface area contributed by atoms with E-state index in [1.807, 2.05) is 24.0 Å². The molecule has 1 aliphatic heterocycles. The Kier molecular flexibility index (Phi) is 5.09. The van der Waals surface area contributed by atoms with Crippen LogP contribution in [0.5, 0.6) is 0 Å².